The summed E-state index contributed by atoms with van der Waals surface area (Å²) in [7, 11) is 0. The number of aromatic nitrogens is 3. The van der Waals surface area contributed by atoms with Crippen LogP contribution in [0.25, 0.3) is 0 Å². The number of carboxylic acid groups (broad SMARTS) is 1. The largest absolute Gasteiger partial charge is 0.477 e. The third-order valence-corrected chi connectivity index (χ3v) is 2.07. The Morgan fingerprint density at radius 1 is 1.44 bits per heavy atom. The van der Waals surface area contributed by atoms with E-state index in [1.165, 1.54) is 12.3 Å². The number of aromatic amines is 1. The molecule has 0 aliphatic heterocycles. The Balaban J connectivity index is 2.16. The molecule has 0 aromatic carbocycles. The summed E-state index contributed by atoms with van der Waals surface area (Å²) in [6.07, 6.45) is 2.17. The van der Waals surface area contributed by atoms with Crippen LogP contribution in [0.5, 0.6) is 0 Å². The molecule has 1 amide bonds. The Labute approximate surface area is 99.7 Å². The summed E-state index contributed by atoms with van der Waals surface area (Å²) in [5.41, 5.74) is -0.384. The number of nitrogens with zero attached hydrogens (tertiary/aromatic N) is 2. The van der Waals surface area contributed by atoms with Gasteiger partial charge in [-0.05, 0) is 6.07 Å². The van der Waals surface area contributed by atoms with Gasteiger partial charge in [-0.2, -0.15) is 5.10 Å². The molecule has 0 aliphatic rings. The molecule has 18 heavy (non-hydrogen) atoms. The van der Waals surface area contributed by atoms with E-state index >= 15 is 0 Å². The van der Waals surface area contributed by atoms with Gasteiger partial charge < -0.3 is 10.4 Å². The van der Waals surface area contributed by atoms with Crippen LogP contribution in [-0.4, -0.2) is 32.2 Å². The second-order valence-electron chi connectivity index (χ2n) is 3.28. The third kappa shape index (κ3) is 2.32. The lowest BCUT2D eigenvalue weighted by Gasteiger charge is -2.01. The molecule has 0 radical (unpaired) electrons. The maximum absolute atomic E-state index is 13.2. The van der Waals surface area contributed by atoms with Crippen molar-refractivity contribution in [2.75, 3.05) is 5.32 Å². The van der Waals surface area contributed by atoms with Gasteiger partial charge in [-0.3, -0.25) is 14.9 Å². The van der Waals surface area contributed by atoms with Gasteiger partial charge in [0.1, 0.15) is 5.69 Å². The number of aromatic carboxylic acids is 1. The number of carbonyl (C=O) groups is 2. The van der Waals surface area contributed by atoms with E-state index in [-0.39, 0.29) is 17.1 Å². The molecule has 0 spiro atoms. The zero-order valence-electron chi connectivity index (χ0n) is 8.85. The van der Waals surface area contributed by atoms with E-state index in [4.69, 9.17) is 5.11 Å². The number of carboxylic acids is 1. The summed E-state index contributed by atoms with van der Waals surface area (Å²) < 4.78 is 13.2. The van der Waals surface area contributed by atoms with Crippen molar-refractivity contribution in [1.82, 2.24) is 15.2 Å². The molecule has 2 aromatic rings. The molecule has 2 aromatic heterocycles. The summed E-state index contributed by atoms with van der Waals surface area (Å²) in [6, 6.07) is 2.33. The zero-order valence-corrected chi connectivity index (χ0v) is 8.85. The van der Waals surface area contributed by atoms with Crippen LogP contribution in [0.4, 0.5) is 10.2 Å². The molecule has 0 fully saturated rings. The minimum Gasteiger partial charge on any atom is -0.477 e. The summed E-state index contributed by atoms with van der Waals surface area (Å²) in [6.45, 7) is 0. The first-order chi connectivity index (χ1) is 8.58. The van der Waals surface area contributed by atoms with E-state index in [9.17, 15) is 14.0 Å². The first kappa shape index (κ1) is 11.7. The smallest absolute Gasteiger partial charge is 0.353 e. The average Bonchev–Trinajstić information content (AvgIpc) is 2.78. The standard InChI is InChI=1S/C10H7FN4O3/c11-6-4-12-2-1-5(6)9(16)13-8-3-7(10(17)18)14-15-8/h1-4H,(H,17,18)(H2,13,14,15,16). The number of anilines is 1. The molecule has 0 saturated carbocycles. The van der Waals surface area contributed by atoms with Crippen LogP contribution < -0.4 is 5.32 Å². The number of carbonyl (C=O) groups excluding carboxylic acids is 1. The van der Waals surface area contributed by atoms with Crippen LogP contribution in [0.15, 0.2) is 24.5 Å². The lowest BCUT2D eigenvalue weighted by Crippen LogP contribution is -2.14. The number of halogens is 1. The Bertz CT molecular complexity index is 611. The van der Waals surface area contributed by atoms with Crippen molar-refractivity contribution in [2.24, 2.45) is 0 Å². The number of nitrogens with one attached hydrogen (secondary N) is 2. The Hall–Kier alpha value is -2.77. The first-order valence-electron chi connectivity index (χ1n) is 4.77. The van der Waals surface area contributed by atoms with Crippen molar-refractivity contribution in [2.45, 2.75) is 0 Å². The van der Waals surface area contributed by atoms with Crippen LogP contribution in [-0.2, 0) is 0 Å². The fraction of sp³-hybridized carbons (Fsp3) is 0. The number of rotatable bonds is 3. The molecule has 0 atom stereocenters. The first-order valence-corrected chi connectivity index (χ1v) is 4.77. The van der Waals surface area contributed by atoms with Gasteiger partial charge >= 0.3 is 5.97 Å². The van der Waals surface area contributed by atoms with Gasteiger partial charge in [0.15, 0.2) is 11.6 Å². The molecular weight excluding hydrogens is 243 g/mol. The van der Waals surface area contributed by atoms with E-state index < -0.39 is 17.7 Å². The highest BCUT2D eigenvalue weighted by Gasteiger charge is 2.14. The van der Waals surface area contributed by atoms with Crippen molar-refractivity contribution >= 4 is 17.7 Å². The Morgan fingerprint density at radius 2 is 2.22 bits per heavy atom. The lowest BCUT2D eigenvalue weighted by molar-refractivity contribution is 0.0690. The summed E-state index contributed by atoms with van der Waals surface area (Å²) in [5.74, 6) is -2.73. The highest BCUT2D eigenvalue weighted by molar-refractivity contribution is 6.04. The number of hydrogen-bond donors (Lipinski definition) is 3. The third-order valence-electron chi connectivity index (χ3n) is 2.07. The SMILES string of the molecule is O=C(O)c1cc(NC(=O)c2ccncc2F)n[nH]1. The minimum atomic E-state index is -1.21. The van der Waals surface area contributed by atoms with Crippen molar-refractivity contribution in [3.63, 3.8) is 0 Å². The van der Waals surface area contributed by atoms with E-state index in [0.29, 0.717) is 0 Å². The molecule has 2 rings (SSSR count). The van der Waals surface area contributed by atoms with Crippen molar-refractivity contribution < 1.29 is 19.1 Å². The highest BCUT2D eigenvalue weighted by atomic mass is 19.1. The molecule has 0 aliphatic carbocycles. The normalized spacial score (nSPS) is 10.1. The fourth-order valence-electron chi connectivity index (χ4n) is 1.24. The number of H-pyrrole nitrogens is 1. The summed E-state index contributed by atoms with van der Waals surface area (Å²) in [4.78, 5) is 25.7. The van der Waals surface area contributed by atoms with Gasteiger partial charge in [0.25, 0.3) is 5.91 Å². The van der Waals surface area contributed by atoms with Gasteiger partial charge in [-0.25, -0.2) is 9.18 Å². The van der Waals surface area contributed by atoms with Gasteiger partial charge in [0.05, 0.1) is 11.8 Å². The highest BCUT2D eigenvalue weighted by Crippen LogP contribution is 2.10. The van der Waals surface area contributed by atoms with Gasteiger partial charge in [0, 0.05) is 12.3 Å². The minimum absolute atomic E-state index is 0.00591. The molecule has 8 heteroatoms. The second kappa shape index (κ2) is 4.62. The lowest BCUT2D eigenvalue weighted by atomic mass is 10.2. The van der Waals surface area contributed by atoms with E-state index in [0.717, 1.165) is 12.3 Å². The van der Waals surface area contributed by atoms with E-state index in [2.05, 4.69) is 20.5 Å². The van der Waals surface area contributed by atoms with Gasteiger partial charge in [-0.1, -0.05) is 0 Å². The predicted octanol–water partition coefficient (Wildman–Crippen LogP) is 0.894. The predicted molar refractivity (Wildman–Crippen MR) is 57.7 cm³/mol. The van der Waals surface area contributed by atoms with E-state index in [1.54, 1.807) is 0 Å². The summed E-state index contributed by atoms with van der Waals surface area (Å²) >= 11 is 0. The maximum Gasteiger partial charge on any atom is 0.353 e. The van der Waals surface area contributed by atoms with Crippen LogP contribution in [0.3, 0.4) is 0 Å². The molecule has 7 nitrogen and oxygen atoms in total. The number of hydrogen-bond acceptors (Lipinski definition) is 4. The topological polar surface area (TPSA) is 108 Å². The van der Waals surface area contributed by atoms with Crippen molar-refractivity contribution in [1.29, 1.82) is 0 Å². The van der Waals surface area contributed by atoms with Crippen LogP contribution >= 0.6 is 0 Å². The van der Waals surface area contributed by atoms with Crippen molar-refractivity contribution in [3.05, 3.63) is 41.6 Å². The fourth-order valence-corrected chi connectivity index (χ4v) is 1.24. The molecule has 92 valence electrons. The number of pyridine rings is 1. The average molecular weight is 250 g/mol. The zero-order chi connectivity index (χ0) is 13.1. The van der Waals surface area contributed by atoms with Gasteiger partial charge in [0.2, 0.25) is 0 Å². The molecule has 3 N–H and O–H groups in total. The second-order valence-corrected chi connectivity index (χ2v) is 3.28. The quantitative estimate of drug-likeness (QED) is 0.749. The molecular formula is C10H7FN4O3. The molecule has 2 heterocycles. The molecule has 0 unspecified atom stereocenters. The molecule has 0 bridgehead atoms. The maximum atomic E-state index is 13.2. The molecule has 0 saturated heterocycles. The van der Waals surface area contributed by atoms with Crippen LogP contribution in [0, 0.1) is 5.82 Å². The Morgan fingerprint density at radius 3 is 2.83 bits per heavy atom. The van der Waals surface area contributed by atoms with Crippen molar-refractivity contribution in [3.8, 4) is 0 Å². The Kier molecular flexibility index (Phi) is 3.00. The summed E-state index contributed by atoms with van der Waals surface area (Å²) in [5, 5.41) is 16.7. The van der Waals surface area contributed by atoms with Gasteiger partial charge in [-0.15, -0.1) is 0 Å². The van der Waals surface area contributed by atoms with Crippen LogP contribution in [0.2, 0.25) is 0 Å². The number of amides is 1. The van der Waals surface area contributed by atoms with E-state index in [1.807, 2.05) is 0 Å². The van der Waals surface area contributed by atoms with Crippen LogP contribution in [0.1, 0.15) is 20.8 Å². The monoisotopic (exact) mass is 250 g/mol.